The van der Waals surface area contributed by atoms with Gasteiger partial charge >= 0.3 is 5.76 Å². The van der Waals surface area contributed by atoms with E-state index in [4.69, 9.17) is 0 Å². The van der Waals surface area contributed by atoms with Crippen molar-refractivity contribution in [2.45, 2.75) is 17.2 Å². The smallest absolute Gasteiger partial charge is 0.341 e. The van der Waals surface area contributed by atoms with Crippen molar-refractivity contribution in [3.8, 4) is 0 Å². The average Bonchev–Trinajstić information content (AvgIpc) is 3.31. The number of sulfone groups is 1. The maximum absolute atomic E-state index is 13.1. The average molecular weight is 514 g/mol. The van der Waals surface area contributed by atoms with E-state index in [0.717, 1.165) is 11.6 Å². The van der Waals surface area contributed by atoms with E-state index in [1.165, 1.54) is 29.4 Å². The predicted molar refractivity (Wildman–Crippen MR) is 126 cm³/mol. The van der Waals surface area contributed by atoms with Crippen molar-refractivity contribution >= 4 is 32.7 Å². The topological polar surface area (TPSA) is 114 Å². The molecule has 1 saturated heterocycles. The Morgan fingerprint density at radius 3 is 2.36 bits per heavy atom. The van der Waals surface area contributed by atoms with Crippen LogP contribution in [0.3, 0.4) is 0 Å². The van der Waals surface area contributed by atoms with E-state index in [-0.39, 0.29) is 18.7 Å². The molecule has 0 aliphatic carbocycles. The zero-order valence-electron chi connectivity index (χ0n) is 18.9. The highest BCUT2D eigenvalue weighted by molar-refractivity contribution is 7.91. The molecule has 0 unspecified atom stereocenters. The summed E-state index contributed by atoms with van der Waals surface area (Å²) in [6.07, 6.45) is 1.44. The number of hydrogen-bond donors (Lipinski definition) is 0. The molecule has 10 nitrogen and oxygen atoms in total. The molecule has 0 radical (unpaired) electrons. The van der Waals surface area contributed by atoms with E-state index >= 15 is 0 Å². The van der Waals surface area contributed by atoms with Crippen molar-refractivity contribution in [3.05, 3.63) is 72.1 Å². The molecule has 0 atom stereocenters. The van der Waals surface area contributed by atoms with E-state index in [2.05, 4.69) is 20.3 Å². The van der Waals surface area contributed by atoms with Crippen LogP contribution in [0.15, 0.2) is 65.8 Å². The van der Waals surface area contributed by atoms with Gasteiger partial charge in [-0.3, -0.25) is 4.79 Å². The van der Waals surface area contributed by atoms with Gasteiger partial charge in [0.05, 0.1) is 17.0 Å². The number of benzene rings is 2. The maximum atomic E-state index is 13.1. The van der Waals surface area contributed by atoms with Gasteiger partial charge in [0, 0.05) is 26.2 Å². The quantitative estimate of drug-likeness (QED) is 0.386. The second-order valence-electron chi connectivity index (χ2n) is 8.18. The molecule has 4 aromatic rings. The second-order valence-corrected chi connectivity index (χ2v) is 10.1. The summed E-state index contributed by atoms with van der Waals surface area (Å²) in [4.78, 5) is 24.5. The SMILES string of the molecule is O=C(c1ccccc1S(=O)(=O)C(F)F)N1CCN(c2ncnc3c2nnn3Cc2ccccc2)CC1. The lowest BCUT2D eigenvalue weighted by atomic mass is 10.2. The molecule has 0 spiro atoms. The number of alkyl halides is 2. The molecule has 13 heteroatoms. The molecule has 1 aliphatic heterocycles. The Bertz CT molecular complexity index is 1500. The Balaban J connectivity index is 1.34. The third-order valence-electron chi connectivity index (χ3n) is 5.98. The molecule has 2 aromatic heterocycles. The first-order valence-electron chi connectivity index (χ1n) is 11.1. The van der Waals surface area contributed by atoms with Crippen LogP contribution in [0.5, 0.6) is 0 Å². The lowest BCUT2D eigenvalue weighted by Gasteiger charge is -2.35. The Kier molecular flexibility index (Phi) is 6.31. The zero-order valence-corrected chi connectivity index (χ0v) is 19.7. The van der Waals surface area contributed by atoms with Crippen molar-refractivity contribution in [2.24, 2.45) is 0 Å². The molecule has 0 saturated carbocycles. The highest BCUT2D eigenvalue weighted by Gasteiger charge is 2.33. The summed E-state index contributed by atoms with van der Waals surface area (Å²) >= 11 is 0. The van der Waals surface area contributed by atoms with Gasteiger partial charge in [-0.25, -0.2) is 23.1 Å². The van der Waals surface area contributed by atoms with Gasteiger partial charge in [0.2, 0.25) is 9.84 Å². The molecule has 2 aromatic carbocycles. The monoisotopic (exact) mass is 513 g/mol. The number of anilines is 1. The van der Waals surface area contributed by atoms with Crippen LogP contribution < -0.4 is 4.90 Å². The van der Waals surface area contributed by atoms with Crippen molar-refractivity contribution in [2.75, 3.05) is 31.1 Å². The molecular formula is C23H21F2N7O3S. The standard InChI is InChI=1S/C23H21F2N7O3S/c24-23(25)36(34,35)18-9-5-4-8-17(18)22(33)31-12-10-30(11-13-31)20-19-21(27-15-26-20)32(29-28-19)14-16-6-2-1-3-7-16/h1-9,15,23H,10-14H2. The van der Waals surface area contributed by atoms with Gasteiger partial charge < -0.3 is 9.80 Å². The van der Waals surface area contributed by atoms with Crippen LogP contribution in [0.1, 0.15) is 15.9 Å². The van der Waals surface area contributed by atoms with Gasteiger partial charge in [-0.1, -0.05) is 47.7 Å². The summed E-state index contributed by atoms with van der Waals surface area (Å²) in [7, 11) is -4.92. The van der Waals surface area contributed by atoms with Crippen LogP contribution in [0, 0.1) is 0 Å². The Morgan fingerprint density at radius 2 is 1.64 bits per heavy atom. The van der Waals surface area contributed by atoms with E-state index in [0.29, 0.717) is 36.6 Å². The van der Waals surface area contributed by atoms with Crippen molar-refractivity contribution in [3.63, 3.8) is 0 Å². The van der Waals surface area contributed by atoms with E-state index in [1.807, 2.05) is 35.2 Å². The highest BCUT2D eigenvalue weighted by Crippen LogP contribution is 2.26. The van der Waals surface area contributed by atoms with Gasteiger partial charge in [0.1, 0.15) is 6.33 Å². The van der Waals surface area contributed by atoms with Gasteiger partial charge in [0.15, 0.2) is 17.0 Å². The molecular weight excluding hydrogens is 492 g/mol. The number of halogens is 2. The van der Waals surface area contributed by atoms with Crippen LogP contribution >= 0.6 is 0 Å². The number of hydrogen-bond acceptors (Lipinski definition) is 8. The van der Waals surface area contributed by atoms with Gasteiger partial charge in [0.25, 0.3) is 5.91 Å². The van der Waals surface area contributed by atoms with E-state index < -0.39 is 26.4 Å². The van der Waals surface area contributed by atoms with Gasteiger partial charge in [-0.15, -0.1) is 5.10 Å². The molecule has 1 aliphatic rings. The molecule has 0 N–H and O–H groups in total. The first-order chi connectivity index (χ1) is 17.4. The maximum Gasteiger partial charge on any atom is 0.341 e. The van der Waals surface area contributed by atoms with E-state index in [9.17, 15) is 22.0 Å². The summed E-state index contributed by atoms with van der Waals surface area (Å²) in [5, 5.41) is 8.51. The fourth-order valence-electron chi connectivity index (χ4n) is 4.15. The van der Waals surface area contributed by atoms with Crippen molar-refractivity contribution in [1.82, 2.24) is 29.9 Å². The molecule has 3 heterocycles. The number of fused-ring (bicyclic) bond motifs is 1. The Morgan fingerprint density at radius 1 is 0.944 bits per heavy atom. The molecule has 1 fully saturated rings. The summed E-state index contributed by atoms with van der Waals surface area (Å²) in [5.41, 5.74) is 1.89. The number of rotatable bonds is 6. The normalized spacial score (nSPS) is 14.5. The minimum absolute atomic E-state index is 0.242. The minimum Gasteiger partial charge on any atom is -0.351 e. The third-order valence-corrected chi connectivity index (χ3v) is 7.42. The highest BCUT2D eigenvalue weighted by atomic mass is 32.2. The second kappa shape index (κ2) is 9.57. The zero-order chi connectivity index (χ0) is 25.3. The van der Waals surface area contributed by atoms with Crippen molar-refractivity contribution in [1.29, 1.82) is 0 Å². The number of carbonyl (C=O) groups is 1. The minimum atomic E-state index is -4.92. The lowest BCUT2D eigenvalue weighted by molar-refractivity contribution is 0.0742. The lowest BCUT2D eigenvalue weighted by Crippen LogP contribution is -2.49. The molecule has 36 heavy (non-hydrogen) atoms. The van der Waals surface area contributed by atoms with Crippen molar-refractivity contribution < 1.29 is 22.0 Å². The van der Waals surface area contributed by atoms with Crippen LogP contribution in [-0.4, -0.2) is 76.1 Å². The Hall–Kier alpha value is -4.00. The van der Waals surface area contributed by atoms with Gasteiger partial charge in [-0.05, 0) is 17.7 Å². The molecule has 186 valence electrons. The summed E-state index contributed by atoms with van der Waals surface area (Å²) in [5.74, 6) is -3.65. The Labute approximate surface area is 205 Å². The van der Waals surface area contributed by atoms with Crippen LogP contribution in [0.2, 0.25) is 0 Å². The van der Waals surface area contributed by atoms with Gasteiger partial charge in [-0.2, -0.15) is 8.78 Å². The predicted octanol–water partition coefficient (Wildman–Crippen LogP) is 2.23. The first-order valence-corrected chi connectivity index (χ1v) is 12.6. The number of amides is 1. The molecule has 0 bridgehead atoms. The van der Waals surface area contributed by atoms with Crippen LogP contribution in [-0.2, 0) is 16.4 Å². The molecule has 5 rings (SSSR count). The number of aromatic nitrogens is 5. The fourth-order valence-corrected chi connectivity index (χ4v) is 5.08. The fraction of sp³-hybridized carbons (Fsp3) is 0.261. The first kappa shape index (κ1) is 23.7. The summed E-state index contributed by atoms with van der Waals surface area (Å²) in [6.45, 7) is 1.74. The summed E-state index contributed by atoms with van der Waals surface area (Å²) < 4.78 is 52.1. The number of carbonyl (C=O) groups excluding carboxylic acids is 1. The summed E-state index contributed by atoms with van der Waals surface area (Å²) in [6, 6.07) is 14.8. The molecule has 1 amide bonds. The van der Waals surface area contributed by atoms with Crippen LogP contribution in [0.4, 0.5) is 14.6 Å². The largest absolute Gasteiger partial charge is 0.351 e. The van der Waals surface area contributed by atoms with E-state index in [1.54, 1.807) is 4.68 Å². The third kappa shape index (κ3) is 4.37. The number of piperazine rings is 1. The number of nitrogens with zero attached hydrogens (tertiary/aromatic N) is 7. The van der Waals surface area contributed by atoms with Crippen LogP contribution in [0.25, 0.3) is 11.2 Å².